The first-order chi connectivity index (χ1) is 17.6. The number of nitrogens with two attached hydrogens (primary N) is 1. The van der Waals surface area contributed by atoms with Crippen molar-refractivity contribution in [3.05, 3.63) is 46.9 Å². The van der Waals surface area contributed by atoms with Crippen molar-refractivity contribution in [1.29, 1.82) is 0 Å². The van der Waals surface area contributed by atoms with Crippen LogP contribution in [0.1, 0.15) is 23.5 Å². The second-order valence-corrected chi connectivity index (χ2v) is 10.0. The average molecular weight is 551 g/mol. The fourth-order valence-electron chi connectivity index (χ4n) is 3.78. The number of β-lactam (4-membered cyclic amide) rings is 1. The van der Waals surface area contributed by atoms with Gasteiger partial charge in [-0.15, -0.1) is 11.8 Å². The number of aromatic nitrogens is 3. The predicted octanol–water partition coefficient (Wildman–Crippen LogP) is -0.187. The number of amides is 2. The normalized spacial score (nSPS) is 20.6. The van der Waals surface area contributed by atoms with Crippen molar-refractivity contribution < 1.29 is 39.2 Å². The number of phenolic OH excluding ortho intramolecular Hbond substituents is 1. The number of fused-ring (bicyclic) bond motifs is 1. The minimum absolute atomic E-state index is 0.0184. The molecule has 14 nitrogen and oxygen atoms in total. The summed E-state index contributed by atoms with van der Waals surface area (Å²) in [5.41, 5.74) is 6.71. The summed E-state index contributed by atoms with van der Waals surface area (Å²) in [5.74, 6) is -3.37. The molecule has 2 aliphatic heterocycles. The zero-order valence-corrected chi connectivity index (χ0v) is 20.8. The molecule has 1 saturated heterocycles. The number of aromatic amines is 1. The highest BCUT2D eigenvalue weighted by Crippen LogP contribution is 2.41. The molecule has 7 N–H and O–H groups in total. The summed E-state index contributed by atoms with van der Waals surface area (Å²) in [6.07, 6.45) is -1.35. The van der Waals surface area contributed by atoms with Crippen LogP contribution in [-0.2, 0) is 23.9 Å². The van der Waals surface area contributed by atoms with Gasteiger partial charge >= 0.3 is 11.9 Å². The van der Waals surface area contributed by atoms with E-state index in [2.05, 4.69) is 20.5 Å². The molecule has 2 aromatic rings. The van der Waals surface area contributed by atoms with Gasteiger partial charge in [-0.25, -0.2) is 14.6 Å². The lowest BCUT2D eigenvalue weighted by Gasteiger charge is -2.49. The van der Waals surface area contributed by atoms with Gasteiger partial charge in [0, 0.05) is 18.6 Å². The first kappa shape index (κ1) is 26.5. The number of carboxylic acids is 2. The summed E-state index contributed by atoms with van der Waals surface area (Å²) in [5, 5.41) is 37.0. The second kappa shape index (κ2) is 10.8. The van der Waals surface area contributed by atoms with Crippen LogP contribution in [0.4, 0.5) is 0 Å². The zero-order valence-electron chi connectivity index (χ0n) is 19.2. The number of thioether (sulfide) groups is 2. The minimum atomic E-state index is -1.35. The highest BCUT2D eigenvalue weighted by atomic mass is 32.2. The predicted molar refractivity (Wildman–Crippen MR) is 129 cm³/mol. The first-order valence-corrected chi connectivity index (χ1v) is 12.7. The molecule has 2 amide bonds. The Hall–Kier alpha value is -3.60. The quantitative estimate of drug-likeness (QED) is 0.167. The van der Waals surface area contributed by atoms with E-state index in [0.717, 1.165) is 16.7 Å². The number of nitrogens with zero attached hydrogens (tertiary/aromatic N) is 3. The lowest BCUT2D eigenvalue weighted by molar-refractivity contribution is -0.150. The van der Waals surface area contributed by atoms with Gasteiger partial charge in [-0.05, 0) is 23.3 Å². The zero-order chi connectivity index (χ0) is 26.9. The molecular formula is C21H22N6O8S2. The molecule has 1 fully saturated rings. The van der Waals surface area contributed by atoms with Crippen molar-refractivity contribution in [2.24, 2.45) is 5.73 Å². The maximum absolute atomic E-state index is 12.9. The molecule has 3 unspecified atom stereocenters. The molecule has 4 rings (SSSR count). The van der Waals surface area contributed by atoms with Gasteiger partial charge in [-0.1, -0.05) is 23.9 Å². The number of hydrogen-bond acceptors (Lipinski definition) is 11. The van der Waals surface area contributed by atoms with E-state index in [4.69, 9.17) is 15.6 Å². The third kappa shape index (κ3) is 5.27. The Kier molecular flexibility index (Phi) is 7.72. The van der Waals surface area contributed by atoms with E-state index in [9.17, 15) is 29.4 Å². The molecule has 3 heterocycles. The van der Waals surface area contributed by atoms with Crippen LogP contribution in [-0.4, -0.2) is 89.2 Å². The Bertz CT molecular complexity index is 1270. The number of carboxylic acid groups (broad SMARTS) is 2. The summed E-state index contributed by atoms with van der Waals surface area (Å²) in [7, 11) is 1.21. The molecule has 0 bridgehead atoms. The van der Waals surface area contributed by atoms with Gasteiger partial charge in [0.15, 0.2) is 11.0 Å². The maximum atomic E-state index is 12.9. The van der Waals surface area contributed by atoms with Crippen LogP contribution in [0.2, 0.25) is 0 Å². The van der Waals surface area contributed by atoms with Crippen LogP contribution in [0.25, 0.3) is 0 Å². The molecule has 0 saturated carbocycles. The Morgan fingerprint density at radius 3 is 2.65 bits per heavy atom. The van der Waals surface area contributed by atoms with Gasteiger partial charge in [0.1, 0.15) is 28.9 Å². The number of methoxy groups -OCH3 is 1. The molecule has 16 heteroatoms. The number of nitrogens with one attached hydrogen (secondary N) is 2. The van der Waals surface area contributed by atoms with Crippen LogP contribution in [0, 0.1) is 0 Å². The number of carbonyl (C=O) groups is 4. The Labute approximate surface area is 217 Å². The highest BCUT2D eigenvalue weighted by Gasteiger charge is 2.54. The topological polar surface area (TPSA) is 221 Å². The number of aromatic hydroxyl groups is 1. The standard InChI is InChI=1S/C21H22N6O8S2/c1-35-14(20(33)34)15-24-21(26-25-15)37-7-9-6-36-18-12(17(30)27(18)13(9)19(31)32)23-16(29)11(22)8-2-4-10(28)5-3-8/h2-5,11-12,14,18,28H,6-7,22H2,1H3,(H,23,29)(H,31,32)(H,33,34)(H,24,25,26)/t11?,12?,14?,18-/m0/s1. The van der Waals surface area contributed by atoms with Crippen molar-refractivity contribution in [2.75, 3.05) is 18.6 Å². The number of H-pyrrole nitrogens is 1. The first-order valence-electron chi connectivity index (χ1n) is 10.7. The van der Waals surface area contributed by atoms with Crippen molar-refractivity contribution in [2.45, 2.75) is 28.7 Å². The third-order valence-electron chi connectivity index (χ3n) is 5.64. The van der Waals surface area contributed by atoms with Gasteiger partial charge in [0.2, 0.25) is 12.0 Å². The molecule has 4 atom stereocenters. The van der Waals surface area contributed by atoms with Crippen LogP contribution < -0.4 is 11.1 Å². The smallest absolute Gasteiger partial charge is 0.352 e. The lowest BCUT2D eigenvalue weighted by Crippen LogP contribution is -2.71. The van der Waals surface area contributed by atoms with Gasteiger partial charge in [-0.2, -0.15) is 5.10 Å². The largest absolute Gasteiger partial charge is 0.508 e. The molecule has 0 radical (unpaired) electrons. The number of ether oxygens (including phenoxy) is 1. The van der Waals surface area contributed by atoms with Crippen molar-refractivity contribution in [1.82, 2.24) is 25.4 Å². The number of rotatable bonds is 10. The fourth-order valence-corrected chi connectivity index (χ4v) is 6.08. The third-order valence-corrected chi connectivity index (χ3v) is 7.93. The highest BCUT2D eigenvalue weighted by molar-refractivity contribution is 8.01. The SMILES string of the molecule is COC(C(=O)O)c1n[nH]c(SCC2=C(C(=O)O)N3C(=O)C(NC(=O)C(N)c4ccc(O)cc4)[C@@H]3SC2)n1. The molecule has 37 heavy (non-hydrogen) atoms. The van der Waals surface area contributed by atoms with Gasteiger partial charge in [0.25, 0.3) is 5.91 Å². The van der Waals surface area contributed by atoms with Crippen LogP contribution >= 0.6 is 23.5 Å². The monoisotopic (exact) mass is 550 g/mol. The van der Waals surface area contributed by atoms with E-state index in [0.29, 0.717) is 11.1 Å². The van der Waals surface area contributed by atoms with Crippen LogP contribution in [0.15, 0.2) is 40.7 Å². The van der Waals surface area contributed by atoms with Gasteiger partial charge in [-0.3, -0.25) is 19.6 Å². The van der Waals surface area contributed by atoms with Crippen molar-refractivity contribution >= 4 is 47.3 Å². The van der Waals surface area contributed by atoms with Crippen molar-refractivity contribution in [3.8, 4) is 5.75 Å². The van der Waals surface area contributed by atoms with Crippen LogP contribution in [0.5, 0.6) is 5.75 Å². The van der Waals surface area contributed by atoms with Crippen LogP contribution in [0.3, 0.4) is 0 Å². The molecule has 1 aromatic heterocycles. The van der Waals surface area contributed by atoms with E-state index >= 15 is 0 Å². The Balaban J connectivity index is 1.43. The fraction of sp³-hybridized carbons (Fsp3) is 0.333. The molecule has 2 aliphatic rings. The number of carbonyl (C=O) groups excluding carboxylic acids is 2. The van der Waals surface area contributed by atoms with E-state index < -0.39 is 47.3 Å². The average Bonchev–Trinajstić information content (AvgIpc) is 3.33. The summed E-state index contributed by atoms with van der Waals surface area (Å²) < 4.78 is 4.85. The maximum Gasteiger partial charge on any atom is 0.352 e. The summed E-state index contributed by atoms with van der Waals surface area (Å²) >= 11 is 2.39. The van der Waals surface area contributed by atoms with Gasteiger partial charge < -0.3 is 31.1 Å². The minimum Gasteiger partial charge on any atom is -0.508 e. The summed E-state index contributed by atoms with van der Waals surface area (Å²) in [4.78, 5) is 54.0. The molecule has 196 valence electrons. The molecule has 1 aromatic carbocycles. The van der Waals surface area contributed by atoms with E-state index in [1.54, 1.807) is 0 Å². The number of phenols is 1. The van der Waals surface area contributed by atoms with E-state index in [1.807, 2.05) is 0 Å². The van der Waals surface area contributed by atoms with Crippen molar-refractivity contribution in [3.63, 3.8) is 0 Å². The Morgan fingerprint density at radius 2 is 2.03 bits per heavy atom. The number of aliphatic carboxylic acids is 2. The number of benzene rings is 1. The Morgan fingerprint density at radius 1 is 1.32 bits per heavy atom. The van der Waals surface area contributed by atoms with Gasteiger partial charge in [0.05, 0.1) is 0 Å². The molecular weight excluding hydrogens is 528 g/mol. The molecule has 0 spiro atoms. The molecule has 0 aliphatic carbocycles. The van der Waals surface area contributed by atoms with E-state index in [-0.39, 0.29) is 33.9 Å². The second-order valence-electron chi connectivity index (χ2n) is 7.96. The van der Waals surface area contributed by atoms with E-state index in [1.165, 1.54) is 43.1 Å². The lowest BCUT2D eigenvalue weighted by atomic mass is 10.0. The summed E-state index contributed by atoms with van der Waals surface area (Å²) in [6, 6.07) is 3.74. The number of hydrogen-bond donors (Lipinski definition) is 6. The summed E-state index contributed by atoms with van der Waals surface area (Å²) in [6.45, 7) is 0.